The Morgan fingerprint density at radius 1 is 1.31 bits per heavy atom. The van der Waals surface area contributed by atoms with Gasteiger partial charge in [0.2, 0.25) is 5.89 Å². The first-order chi connectivity index (χ1) is 12.3. The number of aromatic nitrogens is 4. The summed E-state index contributed by atoms with van der Waals surface area (Å²) in [6, 6.07) is 0. The summed E-state index contributed by atoms with van der Waals surface area (Å²) >= 11 is 3.00. The molecule has 0 aromatic carbocycles. The molecule has 0 saturated carbocycles. The van der Waals surface area contributed by atoms with Gasteiger partial charge in [0.25, 0.3) is 5.56 Å². The van der Waals surface area contributed by atoms with E-state index in [1.165, 1.54) is 11.8 Å². The van der Waals surface area contributed by atoms with E-state index in [1.807, 2.05) is 34.6 Å². The van der Waals surface area contributed by atoms with E-state index in [1.54, 1.807) is 22.0 Å². The highest BCUT2D eigenvalue weighted by Gasteiger charge is 2.22. The molecule has 138 valence electrons. The molecule has 0 aliphatic heterocycles. The Labute approximate surface area is 160 Å². The van der Waals surface area contributed by atoms with Crippen LogP contribution in [0, 0.1) is 13.8 Å². The molecule has 0 amide bonds. The van der Waals surface area contributed by atoms with Crippen LogP contribution in [0.25, 0.3) is 10.2 Å². The van der Waals surface area contributed by atoms with Crippen LogP contribution in [0.2, 0.25) is 0 Å². The molecule has 0 radical (unpaired) electrons. The molecule has 0 aliphatic carbocycles. The summed E-state index contributed by atoms with van der Waals surface area (Å²) in [4.78, 5) is 24.1. The first-order valence-corrected chi connectivity index (χ1v) is 10.1. The van der Waals surface area contributed by atoms with Crippen molar-refractivity contribution in [2.24, 2.45) is 0 Å². The van der Waals surface area contributed by atoms with Crippen LogP contribution in [0.4, 0.5) is 0 Å². The van der Waals surface area contributed by atoms with Gasteiger partial charge in [-0.25, -0.2) is 4.98 Å². The van der Waals surface area contributed by atoms with Gasteiger partial charge in [-0.1, -0.05) is 36.8 Å². The van der Waals surface area contributed by atoms with Crippen LogP contribution in [0.3, 0.4) is 0 Å². The Bertz CT molecular complexity index is 1020. The number of fused-ring (bicyclic) bond motifs is 1. The van der Waals surface area contributed by atoms with Gasteiger partial charge in [-0.05, 0) is 26.3 Å². The van der Waals surface area contributed by atoms with Crippen molar-refractivity contribution in [2.45, 2.75) is 57.5 Å². The van der Waals surface area contributed by atoms with E-state index < -0.39 is 0 Å². The van der Waals surface area contributed by atoms with Crippen LogP contribution >= 0.6 is 23.1 Å². The zero-order valence-corrected chi connectivity index (χ0v) is 17.2. The smallest absolute Gasteiger partial charge is 0.263 e. The molecule has 6 nitrogen and oxygen atoms in total. The van der Waals surface area contributed by atoms with Crippen molar-refractivity contribution in [3.8, 4) is 0 Å². The maximum Gasteiger partial charge on any atom is 0.263 e. The van der Waals surface area contributed by atoms with Crippen LogP contribution < -0.4 is 5.56 Å². The minimum atomic E-state index is -0.113. The number of allylic oxidation sites excluding steroid dienone is 1. The fraction of sp³-hybridized carbons (Fsp3) is 0.444. The minimum absolute atomic E-state index is 0.0279. The largest absolute Gasteiger partial charge is 0.338 e. The van der Waals surface area contributed by atoms with Crippen LogP contribution in [0.15, 0.2) is 27.1 Å². The van der Waals surface area contributed by atoms with Crippen molar-refractivity contribution in [3.63, 3.8) is 0 Å². The van der Waals surface area contributed by atoms with Gasteiger partial charge in [0.05, 0.1) is 10.6 Å². The Morgan fingerprint density at radius 3 is 2.65 bits per heavy atom. The molecule has 0 unspecified atom stereocenters. The van der Waals surface area contributed by atoms with Gasteiger partial charge < -0.3 is 4.52 Å². The molecule has 8 heteroatoms. The van der Waals surface area contributed by atoms with Gasteiger partial charge in [-0.15, -0.1) is 17.9 Å². The lowest BCUT2D eigenvalue weighted by Crippen LogP contribution is -2.22. The summed E-state index contributed by atoms with van der Waals surface area (Å²) in [5.74, 6) is 1.43. The Balaban J connectivity index is 2.04. The van der Waals surface area contributed by atoms with E-state index >= 15 is 0 Å². The van der Waals surface area contributed by atoms with Crippen molar-refractivity contribution in [2.75, 3.05) is 0 Å². The number of thioether (sulfide) groups is 1. The minimum Gasteiger partial charge on any atom is -0.338 e. The molecule has 1 atom stereocenters. The molecular formula is C18H22N4O2S2. The zero-order chi connectivity index (χ0) is 19.0. The van der Waals surface area contributed by atoms with Gasteiger partial charge in [0.15, 0.2) is 11.0 Å². The third-order valence-electron chi connectivity index (χ3n) is 4.17. The lowest BCUT2D eigenvalue weighted by Gasteiger charge is -2.12. The second-order valence-electron chi connectivity index (χ2n) is 6.47. The monoisotopic (exact) mass is 390 g/mol. The average Bonchev–Trinajstić information content (AvgIpc) is 3.17. The van der Waals surface area contributed by atoms with Crippen LogP contribution in [0.1, 0.15) is 54.1 Å². The molecular weight excluding hydrogens is 368 g/mol. The molecule has 3 rings (SSSR count). The second-order valence-corrected chi connectivity index (χ2v) is 8.98. The number of aryl methyl sites for hydroxylation is 2. The van der Waals surface area contributed by atoms with Gasteiger partial charge in [0, 0.05) is 17.3 Å². The van der Waals surface area contributed by atoms with Gasteiger partial charge >= 0.3 is 0 Å². The molecule has 3 aromatic heterocycles. The fourth-order valence-corrected chi connectivity index (χ4v) is 4.56. The van der Waals surface area contributed by atoms with Crippen molar-refractivity contribution >= 4 is 33.3 Å². The zero-order valence-electron chi connectivity index (χ0n) is 15.6. The molecule has 0 fully saturated rings. The summed E-state index contributed by atoms with van der Waals surface area (Å²) in [5.41, 5.74) is 0.975. The summed E-state index contributed by atoms with van der Waals surface area (Å²) in [6.45, 7) is 14.2. The molecule has 0 bridgehead atoms. The number of hydrogen-bond acceptors (Lipinski definition) is 7. The number of thiophene rings is 1. The second kappa shape index (κ2) is 7.36. The van der Waals surface area contributed by atoms with Gasteiger partial charge in [0.1, 0.15) is 4.83 Å². The summed E-state index contributed by atoms with van der Waals surface area (Å²) in [5, 5.41) is 5.24. The average molecular weight is 391 g/mol. The van der Waals surface area contributed by atoms with Crippen molar-refractivity contribution in [1.82, 2.24) is 19.7 Å². The number of rotatable bonds is 6. The van der Waals surface area contributed by atoms with Crippen LogP contribution in [-0.2, 0) is 6.54 Å². The van der Waals surface area contributed by atoms with E-state index in [2.05, 4.69) is 16.7 Å². The highest BCUT2D eigenvalue weighted by molar-refractivity contribution is 7.99. The molecule has 3 aromatic rings. The molecule has 0 saturated heterocycles. The molecule has 26 heavy (non-hydrogen) atoms. The van der Waals surface area contributed by atoms with E-state index in [-0.39, 0.29) is 16.7 Å². The molecule has 0 N–H and O–H groups in total. The maximum absolute atomic E-state index is 13.0. The van der Waals surface area contributed by atoms with Crippen LogP contribution in [0.5, 0.6) is 0 Å². The fourth-order valence-electron chi connectivity index (χ4n) is 2.54. The maximum atomic E-state index is 13.0. The Morgan fingerprint density at radius 2 is 2.04 bits per heavy atom. The van der Waals surface area contributed by atoms with Crippen molar-refractivity contribution < 1.29 is 4.52 Å². The molecule has 0 aliphatic rings. The lowest BCUT2D eigenvalue weighted by molar-refractivity contribution is 0.372. The van der Waals surface area contributed by atoms with Gasteiger partial charge in [-0.2, -0.15) is 4.98 Å². The van der Waals surface area contributed by atoms with Gasteiger partial charge in [-0.3, -0.25) is 9.36 Å². The standard InChI is InChI=1S/C18H22N4O2S2/c1-7-8-22-17(23)13-10(4)11(5)25-16(13)20-18(22)26-12(6)15-19-14(9(2)3)21-24-15/h7,9,12H,1,8H2,2-6H3/t12-/m1/s1. The Hall–Kier alpha value is -1.93. The van der Waals surface area contributed by atoms with Crippen molar-refractivity contribution in [3.05, 3.63) is 45.2 Å². The molecule has 0 spiro atoms. The third-order valence-corrected chi connectivity index (χ3v) is 6.35. The van der Waals surface area contributed by atoms with E-state index in [4.69, 9.17) is 9.51 Å². The van der Waals surface area contributed by atoms with E-state index in [0.29, 0.717) is 28.8 Å². The summed E-state index contributed by atoms with van der Waals surface area (Å²) in [7, 11) is 0. The normalized spacial score (nSPS) is 12.8. The third kappa shape index (κ3) is 3.35. The SMILES string of the molecule is C=CCn1c(S[C@H](C)c2nc(C(C)C)no2)nc2sc(C)c(C)c2c1=O. The molecule has 3 heterocycles. The summed E-state index contributed by atoms with van der Waals surface area (Å²) < 4.78 is 7.05. The van der Waals surface area contributed by atoms with E-state index in [0.717, 1.165) is 15.3 Å². The topological polar surface area (TPSA) is 73.8 Å². The van der Waals surface area contributed by atoms with Crippen LogP contribution in [-0.4, -0.2) is 19.7 Å². The lowest BCUT2D eigenvalue weighted by atomic mass is 10.2. The number of nitrogens with zero attached hydrogens (tertiary/aromatic N) is 4. The highest BCUT2D eigenvalue weighted by atomic mass is 32.2. The first kappa shape index (κ1) is 18.8. The predicted molar refractivity (Wildman–Crippen MR) is 106 cm³/mol. The highest BCUT2D eigenvalue weighted by Crippen LogP contribution is 2.35. The predicted octanol–water partition coefficient (Wildman–Crippen LogP) is 4.62. The number of hydrogen-bond donors (Lipinski definition) is 0. The Kier molecular flexibility index (Phi) is 5.34. The quantitative estimate of drug-likeness (QED) is 0.347. The van der Waals surface area contributed by atoms with E-state index in [9.17, 15) is 4.79 Å². The van der Waals surface area contributed by atoms with Crippen molar-refractivity contribution in [1.29, 1.82) is 0 Å². The summed E-state index contributed by atoms with van der Waals surface area (Å²) in [6.07, 6.45) is 1.71. The first-order valence-electron chi connectivity index (χ1n) is 8.45.